The summed E-state index contributed by atoms with van der Waals surface area (Å²) < 4.78 is 13.0. The molecule has 2 heteroatoms. The Labute approximate surface area is 225 Å². The molecular formula is C35H46O2. The summed E-state index contributed by atoms with van der Waals surface area (Å²) in [6.45, 7) is 15.1. The molecule has 6 rings (SSSR count). The van der Waals surface area contributed by atoms with E-state index in [2.05, 4.69) is 70.4 Å². The zero-order chi connectivity index (χ0) is 25.8. The van der Waals surface area contributed by atoms with Gasteiger partial charge in [0, 0.05) is 36.2 Å². The van der Waals surface area contributed by atoms with Crippen molar-refractivity contribution < 1.29 is 9.47 Å². The molecule has 5 aliphatic rings. The molecule has 2 nitrogen and oxygen atoms in total. The van der Waals surface area contributed by atoms with E-state index in [0.29, 0.717) is 17.3 Å². The minimum Gasteiger partial charge on any atom is -0.349 e. The Morgan fingerprint density at radius 2 is 1.76 bits per heavy atom. The van der Waals surface area contributed by atoms with Crippen molar-refractivity contribution in [2.75, 3.05) is 13.2 Å². The number of hydrogen-bond donors (Lipinski definition) is 0. The van der Waals surface area contributed by atoms with Gasteiger partial charge in [-0.3, -0.25) is 0 Å². The van der Waals surface area contributed by atoms with Gasteiger partial charge in [-0.05, 0) is 85.3 Å². The van der Waals surface area contributed by atoms with Gasteiger partial charge >= 0.3 is 0 Å². The van der Waals surface area contributed by atoms with Crippen LogP contribution in [0.15, 0.2) is 48.1 Å². The summed E-state index contributed by atoms with van der Waals surface area (Å²) in [5, 5.41) is 0. The van der Waals surface area contributed by atoms with Crippen LogP contribution in [0, 0.1) is 46.3 Å². The molecule has 0 bridgehead atoms. The second-order valence-corrected chi connectivity index (χ2v) is 14.0. The zero-order valence-corrected chi connectivity index (χ0v) is 23.6. The minimum absolute atomic E-state index is 0.127. The molecule has 4 aliphatic carbocycles. The average Bonchev–Trinajstić information content (AvgIpc) is 3.20. The van der Waals surface area contributed by atoms with Gasteiger partial charge in [0.15, 0.2) is 5.79 Å². The van der Waals surface area contributed by atoms with Gasteiger partial charge in [-0.15, -0.1) is 6.58 Å². The zero-order valence-electron chi connectivity index (χ0n) is 23.6. The third-order valence-corrected chi connectivity index (χ3v) is 11.1. The van der Waals surface area contributed by atoms with Gasteiger partial charge in [-0.1, -0.05) is 68.9 Å². The van der Waals surface area contributed by atoms with E-state index in [9.17, 15) is 0 Å². The summed E-state index contributed by atoms with van der Waals surface area (Å²) >= 11 is 0. The highest BCUT2D eigenvalue weighted by molar-refractivity contribution is 5.43. The molecule has 0 radical (unpaired) electrons. The summed E-state index contributed by atoms with van der Waals surface area (Å²) in [5.41, 5.74) is 6.83. The normalized spacial score (nSPS) is 37.7. The maximum absolute atomic E-state index is 6.51. The molecule has 0 N–H and O–H groups in total. The van der Waals surface area contributed by atoms with Crippen LogP contribution >= 0.6 is 0 Å². The van der Waals surface area contributed by atoms with Gasteiger partial charge in [0.05, 0.1) is 13.2 Å². The molecule has 4 fully saturated rings. The highest BCUT2D eigenvalue weighted by Crippen LogP contribution is 2.66. The summed E-state index contributed by atoms with van der Waals surface area (Å²) in [6, 6.07) is 9.28. The standard InChI is InChI=1S/C35H46O2/c1-6-7-8-9-25-11-13-26(14-12-25)30-21-34(5)24(2)10-17-31(34)29-16-15-27-20-35(19-18-28(27)32(29)30)36-22-33(3,4)23-37-35/h6,11-14,24,27,29-31H,1,7,10,15-23H2,2-5H3. The molecule has 198 valence electrons. The minimum atomic E-state index is -0.344. The van der Waals surface area contributed by atoms with Crippen LogP contribution in [0.1, 0.15) is 103 Å². The van der Waals surface area contributed by atoms with Crippen molar-refractivity contribution >= 4 is 0 Å². The first kappa shape index (κ1) is 25.5. The molecular weight excluding hydrogens is 452 g/mol. The van der Waals surface area contributed by atoms with Crippen molar-refractivity contribution in [1.82, 2.24) is 0 Å². The third-order valence-electron chi connectivity index (χ3n) is 11.1. The highest BCUT2D eigenvalue weighted by Gasteiger charge is 2.57. The third kappa shape index (κ3) is 4.45. The Bertz CT molecular complexity index is 1120. The van der Waals surface area contributed by atoms with E-state index in [-0.39, 0.29) is 11.2 Å². The molecule has 3 saturated carbocycles. The van der Waals surface area contributed by atoms with Crippen LogP contribution in [-0.4, -0.2) is 19.0 Å². The molecule has 0 amide bonds. The first-order valence-electron chi connectivity index (χ1n) is 14.9. The van der Waals surface area contributed by atoms with Crippen molar-refractivity contribution in [3.63, 3.8) is 0 Å². The fourth-order valence-corrected chi connectivity index (χ4v) is 8.80. The number of ether oxygens (including phenoxy) is 2. The Balaban J connectivity index is 1.35. The molecule has 1 aliphatic heterocycles. The van der Waals surface area contributed by atoms with Crippen LogP contribution in [0.25, 0.3) is 0 Å². The maximum Gasteiger partial charge on any atom is 0.169 e. The van der Waals surface area contributed by atoms with Crippen molar-refractivity contribution in [2.24, 2.45) is 34.5 Å². The van der Waals surface area contributed by atoms with E-state index in [0.717, 1.165) is 62.2 Å². The Kier molecular flexibility index (Phi) is 6.49. The molecule has 6 unspecified atom stereocenters. The van der Waals surface area contributed by atoms with Crippen LogP contribution in [0.4, 0.5) is 0 Å². The van der Waals surface area contributed by atoms with Gasteiger partial charge in [0.2, 0.25) is 0 Å². The topological polar surface area (TPSA) is 18.5 Å². The molecule has 0 aromatic heterocycles. The molecule has 1 aromatic carbocycles. The van der Waals surface area contributed by atoms with Gasteiger partial charge in [-0.25, -0.2) is 0 Å². The first-order valence-corrected chi connectivity index (χ1v) is 14.9. The predicted octanol–water partition coefficient (Wildman–Crippen LogP) is 8.43. The van der Waals surface area contributed by atoms with Crippen LogP contribution in [0.3, 0.4) is 0 Å². The lowest BCUT2D eigenvalue weighted by molar-refractivity contribution is -0.312. The van der Waals surface area contributed by atoms with E-state index < -0.39 is 0 Å². The molecule has 6 atom stereocenters. The number of benzene rings is 1. The monoisotopic (exact) mass is 498 g/mol. The van der Waals surface area contributed by atoms with Crippen molar-refractivity contribution in [2.45, 2.75) is 97.2 Å². The second-order valence-electron chi connectivity index (χ2n) is 14.0. The molecule has 1 aromatic rings. The van der Waals surface area contributed by atoms with Crippen molar-refractivity contribution in [3.05, 3.63) is 59.2 Å². The maximum atomic E-state index is 6.51. The lowest BCUT2D eigenvalue weighted by Crippen LogP contribution is -2.51. The number of hydrogen-bond acceptors (Lipinski definition) is 2. The largest absolute Gasteiger partial charge is 0.349 e. The van der Waals surface area contributed by atoms with E-state index >= 15 is 0 Å². The molecule has 1 heterocycles. The lowest BCUT2D eigenvalue weighted by Gasteiger charge is -2.55. The van der Waals surface area contributed by atoms with E-state index in [1.807, 2.05) is 11.6 Å². The average molecular weight is 499 g/mol. The Hall–Kier alpha value is -1.82. The molecule has 37 heavy (non-hydrogen) atoms. The molecule has 1 saturated heterocycles. The predicted molar refractivity (Wildman–Crippen MR) is 151 cm³/mol. The van der Waals surface area contributed by atoms with Crippen LogP contribution in [0.2, 0.25) is 0 Å². The van der Waals surface area contributed by atoms with E-state index in [4.69, 9.17) is 9.47 Å². The summed E-state index contributed by atoms with van der Waals surface area (Å²) in [7, 11) is 0. The quantitative estimate of drug-likeness (QED) is 0.301. The summed E-state index contributed by atoms with van der Waals surface area (Å²) in [6.07, 6.45) is 12.6. The van der Waals surface area contributed by atoms with Crippen LogP contribution in [-0.2, 0) is 9.47 Å². The van der Waals surface area contributed by atoms with Crippen molar-refractivity contribution in [1.29, 1.82) is 0 Å². The summed E-state index contributed by atoms with van der Waals surface area (Å²) in [4.78, 5) is 0. The first-order chi connectivity index (χ1) is 17.7. The van der Waals surface area contributed by atoms with Crippen LogP contribution < -0.4 is 0 Å². The lowest BCUT2D eigenvalue weighted by atomic mass is 9.51. The van der Waals surface area contributed by atoms with Crippen molar-refractivity contribution in [3.8, 4) is 11.8 Å². The number of fused-ring (bicyclic) bond motifs is 4. The second kappa shape index (κ2) is 9.43. The Morgan fingerprint density at radius 3 is 2.49 bits per heavy atom. The fraction of sp³-hybridized carbons (Fsp3) is 0.657. The van der Waals surface area contributed by atoms with Gasteiger partial charge in [0.1, 0.15) is 0 Å². The molecule has 1 spiro atoms. The van der Waals surface area contributed by atoms with Gasteiger partial charge in [-0.2, -0.15) is 0 Å². The summed E-state index contributed by atoms with van der Waals surface area (Å²) in [5.74, 6) is 9.76. The van der Waals surface area contributed by atoms with Gasteiger partial charge < -0.3 is 9.47 Å². The van der Waals surface area contributed by atoms with E-state index in [1.54, 1.807) is 5.57 Å². The SMILES string of the molecule is C=CCC#Cc1ccc(C2CC3(C)C(C)CCC3C3CCC4CC5(CCC4=C23)OCC(C)(C)CO5)cc1. The fourth-order valence-electron chi connectivity index (χ4n) is 8.80. The van der Waals surface area contributed by atoms with Crippen LogP contribution in [0.5, 0.6) is 0 Å². The smallest absolute Gasteiger partial charge is 0.169 e. The van der Waals surface area contributed by atoms with Gasteiger partial charge in [0.25, 0.3) is 0 Å². The number of rotatable bonds is 2. The van der Waals surface area contributed by atoms with E-state index in [1.165, 1.54) is 37.7 Å². The number of allylic oxidation sites excluding steroid dienone is 3. The Morgan fingerprint density at radius 1 is 1.00 bits per heavy atom. The highest BCUT2D eigenvalue weighted by atomic mass is 16.7.